The van der Waals surface area contributed by atoms with Crippen molar-refractivity contribution in [2.24, 2.45) is 0 Å². The van der Waals surface area contributed by atoms with E-state index < -0.39 is 0 Å². The second-order valence-electron chi connectivity index (χ2n) is 19.2. The van der Waals surface area contributed by atoms with Gasteiger partial charge >= 0.3 is 0 Å². The molecule has 0 aliphatic heterocycles. The lowest BCUT2D eigenvalue weighted by Gasteiger charge is -2.27. The van der Waals surface area contributed by atoms with Gasteiger partial charge in [0.1, 0.15) is 0 Å². The average molecular weight is 768 g/mol. The molecule has 0 radical (unpaired) electrons. The summed E-state index contributed by atoms with van der Waals surface area (Å²) in [7, 11) is 0. The summed E-state index contributed by atoms with van der Waals surface area (Å²) in [6.45, 7) is 20.4. The Balaban J connectivity index is 1.27. The van der Waals surface area contributed by atoms with Gasteiger partial charge in [0.15, 0.2) is 0 Å². The Kier molecular flexibility index (Phi) is 10.4. The fourth-order valence-corrected chi connectivity index (χ4v) is 8.13. The highest BCUT2D eigenvalue weighted by molar-refractivity contribution is 6.01. The molecule has 0 aliphatic rings. The van der Waals surface area contributed by atoms with Crippen LogP contribution in [-0.4, -0.2) is 0 Å². The van der Waals surface area contributed by atoms with E-state index in [0.29, 0.717) is 0 Å². The molecule has 1 heteroatoms. The van der Waals surface area contributed by atoms with E-state index in [9.17, 15) is 0 Å². The molecule has 0 bridgehead atoms. The molecule has 0 amide bonds. The van der Waals surface area contributed by atoms with Gasteiger partial charge in [-0.05, 0) is 125 Å². The summed E-state index contributed by atoms with van der Waals surface area (Å²) in [4.78, 5) is 2.40. The van der Waals surface area contributed by atoms with Gasteiger partial charge in [-0.1, -0.05) is 208 Å². The van der Waals surface area contributed by atoms with Crippen LogP contribution < -0.4 is 4.90 Å². The molecule has 294 valence electrons. The third-order valence-electron chi connectivity index (χ3n) is 11.8. The molecule has 0 aromatic heterocycles. The zero-order valence-corrected chi connectivity index (χ0v) is 36.3. The van der Waals surface area contributed by atoms with E-state index in [-0.39, 0.29) is 16.2 Å². The lowest BCUT2D eigenvalue weighted by atomic mass is 9.85. The van der Waals surface area contributed by atoms with E-state index in [1.54, 1.807) is 0 Å². The lowest BCUT2D eigenvalue weighted by Crippen LogP contribution is -2.11. The van der Waals surface area contributed by atoms with Crippen LogP contribution in [0.25, 0.3) is 55.3 Å². The van der Waals surface area contributed by atoms with Crippen molar-refractivity contribution in [2.45, 2.75) is 78.6 Å². The zero-order chi connectivity index (χ0) is 41.5. The summed E-state index contributed by atoms with van der Waals surface area (Å²) in [6, 6.07) is 67.8. The molecule has 0 saturated heterocycles. The van der Waals surface area contributed by atoms with E-state index in [4.69, 9.17) is 0 Å². The SMILES string of the molecule is CC(C)(C)c1ccc(-c2ccc(N(c3ccc(-c4ccc(C(C)(C)C)cc4)cc3)c3ccc(-c4ccc(C(C)(C)C)cc4)c(-c4cccc5ccccc45)c3)cc2)cc1. The topological polar surface area (TPSA) is 3.24 Å². The first-order chi connectivity index (χ1) is 28.1. The van der Waals surface area contributed by atoms with Crippen LogP contribution >= 0.6 is 0 Å². The minimum atomic E-state index is 0.0816. The molecule has 8 rings (SSSR count). The Morgan fingerprint density at radius 1 is 0.288 bits per heavy atom. The number of benzene rings is 8. The van der Waals surface area contributed by atoms with Crippen molar-refractivity contribution in [1.29, 1.82) is 0 Å². The third-order valence-corrected chi connectivity index (χ3v) is 11.8. The number of hydrogen-bond donors (Lipinski definition) is 0. The van der Waals surface area contributed by atoms with E-state index in [1.165, 1.54) is 72.0 Å². The summed E-state index contributed by atoms with van der Waals surface area (Å²) in [6.07, 6.45) is 0. The van der Waals surface area contributed by atoms with Crippen molar-refractivity contribution in [2.75, 3.05) is 4.90 Å². The Morgan fingerprint density at radius 2 is 0.661 bits per heavy atom. The van der Waals surface area contributed by atoms with E-state index in [1.807, 2.05) is 0 Å². The molecular weight excluding hydrogens is 711 g/mol. The van der Waals surface area contributed by atoms with Crippen molar-refractivity contribution < 1.29 is 0 Å². The van der Waals surface area contributed by atoms with Crippen molar-refractivity contribution in [1.82, 2.24) is 0 Å². The average Bonchev–Trinajstić information content (AvgIpc) is 3.23. The standard InChI is InChI=1S/C58H57N/c1-56(2,3)46-27-17-40(18-28-46)42-23-33-49(34-24-42)59(50-35-25-43(26-36-50)41-19-29-47(30-20-41)57(4,5)6)51-37-38-53(45-21-31-48(32-22-45)58(7,8)9)55(39-51)54-16-12-14-44-13-10-11-15-52(44)54/h10-39H,1-9H3. The van der Waals surface area contributed by atoms with Crippen LogP contribution in [0.15, 0.2) is 182 Å². The Bertz CT molecular complexity index is 2590. The number of anilines is 3. The Hall–Kier alpha value is -6.18. The van der Waals surface area contributed by atoms with E-state index in [2.05, 4.69) is 249 Å². The van der Waals surface area contributed by atoms with Crippen molar-refractivity contribution in [3.05, 3.63) is 199 Å². The normalized spacial score (nSPS) is 12.2. The molecule has 0 fully saturated rings. The van der Waals surface area contributed by atoms with E-state index in [0.717, 1.165) is 17.1 Å². The summed E-state index contributed by atoms with van der Waals surface area (Å²) in [5.41, 5.74) is 17.3. The summed E-state index contributed by atoms with van der Waals surface area (Å²) >= 11 is 0. The third kappa shape index (κ3) is 8.39. The summed E-state index contributed by atoms with van der Waals surface area (Å²) < 4.78 is 0. The second-order valence-corrected chi connectivity index (χ2v) is 19.2. The van der Waals surface area contributed by atoms with Crippen LogP contribution in [0.2, 0.25) is 0 Å². The molecule has 0 spiro atoms. The van der Waals surface area contributed by atoms with E-state index >= 15 is 0 Å². The van der Waals surface area contributed by atoms with Gasteiger partial charge in [0.25, 0.3) is 0 Å². The molecule has 59 heavy (non-hydrogen) atoms. The monoisotopic (exact) mass is 767 g/mol. The Morgan fingerprint density at radius 3 is 1.10 bits per heavy atom. The van der Waals surface area contributed by atoms with Crippen LogP contribution in [0.1, 0.15) is 79.0 Å². The lowest BCUT2D eigenvalue weighted by molar-refractivity contribution is 0.590. The van der Waals surface area contributed by atoms with Gasteiger partial charge in [-0.25, -0.2) is 0 Å². The van der Waals surface area contributed by atoms with Crippen LogP contribution in [0.5, 0.6) is 0 Å². The molecule has 0 saturated carbocycles. The highest BCUT2D eigenvalue weighted by atomic mass is 15.1. The largest absolute Gasteiger partial charge is 0.310 e. The quantitative estimate of drug-likeness (QED) is 0.156. The van der Waals surface area contributed by atoms with Crippen LogP contribution in [0.3, 0.4) is 0 Å². The summed E-state index contributed by atoms with van der Waals surface area (Å²) in [5.74, 6) is 0. The summed E-state index contributed by atoms with van der Waals surface area (Å²) in [5, 5.41) is 2.48. The first kappa shape index (κ1) is 39.6. The van der Waals surface area contributed by atoms with Crippen molar-refractivity contribution in [3.63, 3.8) is 0 Å². The molecule has 0 aliphatic carbocycles. The number of fused-ring (bicyclic) bond motifs is 1. The molecule has 1 nitrogen and oxygen atoms in total. The maximum absolute atomic E-state index is 2.40. The van der Waals surface area contributed by atoms with Crippen LogP contribution in [-0.2, 0) is 16.2 Å². The zero-order valence-electron chi connectivity index (χ0n) is 36.3. The fraction of sp³-hybridized carbons (Fsp3) is 0.207. The van der Waals surface area contributed by atoms with Gasteiger partial charge in [-0.2, -0.15) is 0 Å². The van der Waals surface area contributed by atoms with Gasteiger partial charge < -0.3 is 4.90 Å². The predicted molar refractivity (Wildman–Crippen MR) is 256 cm³/mol. The van der Waals surface area contributed by atoms with Crippen LogP contribution in [0, 0.1) is 0 Å². The minimum Gasteiger partial charge on any atom is -0.310 e. The second kappa shape index (κ2) is 15.5. The molecule has 0 heterocycles. The fourth-order valence-electron chi connectivity index (χ4n) is 8.13. The Labute approximate surface area is 353 Å². The van der Waals surface area contributed by atoms with Crippen LogP contribution in [0.4, 0.5) is 17.1 Å². The van der Waals surface area contributed by atoms with Crippen molar-refractivity contribution >= 4 is 27.8 Å². The number of rotatable bonds is 7. The van der Waals surface area contributed by atoms with Gasteiger partial charge in [0.2, 0.25) is 0 Å². The number of hydrogen-bond acceptors (Lipinski definition) is 1. The first-order valence-corrected chi connectivity index (χ1v) is 21.1. The van der Waals surface area contributed by atoms with Gasteiger partial charge in [-0.3, -0.25) is 0 Å². The smallest absolute Gasteiger partial charge is 0.0468 e. The molecule has 8 aromatic carbocycles. The maximum atomic E-state index is 2.40. The van der Waals surface area contributed by atoms with Gasteiger partial charge in [-0.15, -0.1) is 0 Å². The van der Waals surface area contributed by atoms with Gasteiger partial charge in [0.05, 0.1) is 0 Å². The van der Waals surface area contributed by atoms with Gasteiger partial charge in [0, 0.05) is 17.1 Å². The number of nitrogens with zero attached hydrogens (tertiary/aromatic N) is 1. The first-order valence-electron chi connectivity index (χ1n) is 21.1. The molecular formula is C58H57N. The highest BCUT2D eigenvalue weighted by Gasteiger charge is 2.20. The molecule has 0 unspecified atom stereocenters. The van der Waals surface area contributed by atoms with Crippen molar-refractivity contribution in [3.8, 4) is 44.5 Å². The minimum absolute atomic E-state index is 0.0816. The molecule has 8 aromatic rings. The maximum Gasteiger partial charge on any atom is 0.0468 e. The molecule has 0 atom stereocenters. The predicted octanol–water partition coefficient (Wildman–Crippen LogP) is 16.9. The highest BCUT2D eigenvalue weighted by Crippen LogP contribution is 2.43. The molecule has 0 N–H and O–H groups in total.